The summed E-state index contributed by atoms with van der Waals surface area (Å²) in [7, 11) is -2.11. The molecule has 1 aromatic carbocycles. The van der Waals surface area contributed by atoms with E-state index >= 15 is 0 Å². The molecule has 0 unspecified atom stereocenters. The van der Waals surface area contributed by atoms with Crippen molar-refractivity contribution in [1.29, 1.82) is 0 Å². The lowest BCUT2D eigenvalue weighted by atomic mass is 9.99. The average Bonchev–Trinajstić information content (AvgIpc) is 2.96. The highest BCUT2D eigenvalue weighted by molar-refractivity contribution is 7.92. The van der Waals surface area contributed by atoms with E-state index in [0.717, 1.165) is 28.8 Å². The molecule has 0 aliphatic carbocycles. The van der Waals surface area contributed by atoms with Crippen molar-refractivity contribution in [3.05, 3.63) is 23.0 Å². The number of hydrogen-bond donors (Lipinski definition) is 0. The van der Waals surface area contributed by atoms with E-state index in [-0.39, 0.29) is 0 Å². The highest BCUT2D eigenvalue weighted by Gasteiger charge is 2.26. The molecule has 1 saturated heterocycles. The summed E-state index contributed by atoms with van der Waals surface area (Å²) in [6.07, 6.45) is 1.74. The van der Waals surface area contributed by atoms with Gasteiger partial charge in [0.15, 0.2) is 14.6 Å². The maximum atomic E-state index is 12.4. The summed E-state index contributed by atoms with van der Waals surface area (Å²) < 4.78 is 32.9. The average molecular weight is 454 g/mol. The zero-order valence-corrected chi connectivity index (χ0v) is 19.1. The van der Waals surface area contributed by atoms with Gasteiger partial charge in [0, 0.05) is 20.1 Å². The van der Waals surface area contributed by atoms with Crippen LogP contribution in [0.5, 0.6) is 5.75 Å². The molecule has 1 aliphatic heterocycles. The fraction of sp³-hybridized carbons (Fsp3) is 0.550. The van der Waals surface area contributed by atoms with E-state index in [1.165, 1.54) is 11.3 Å². The van der Waals surface area contributed by atoms with Gasteiger partial charge in [-0.25, -0.2) is 8.42 Å². The van der Waals surface area contributed by atoms with Crippen molar-refractivity contribution in [1.82, 2.24) is 9.47 Å². The maximum Gasteiger partial charge on any atom is 0.263 e. The zero-order valence-electron chi connectivity index (χ0n) is 17.5. The molecular formula is C20H27N3O5S2. The van der Waals surface area contributed by atoms with Gasteiger partial charge in [0.1, 0.15) is 17.3 Å². The van der Waals surface area contributed by atoms with E-state index in [4.69, 9.17) is 4.74 Å². The summed E-state index contributed by atoms with van der Waals surface area (Å²) in [6.45, 7) is 5.69. The first-order valence-electron chi connectivity index (χ1n) is 9.96. The number of sulfone groups is 1. The number of nitrogens with zero attached hydrogens (tertiary/aromatic N) is 3. The van der Waals surface area contributed by atoms with Crippen molar-refractivity contribution in [2.75, 3.05) is 31.2 Å². The molecular weight excluding hydrogens is 426 g/mol. The van der Waals surface area contributed by atoms with Crippen molar-refractivity contribution in [3.63, 3.8) is 0 Å². The number of fused-ring (bicyclic) bond motifs is 1. The number of aromatic nitrogens is 1. The zero-order chi connectivity index (χ0) is 21.9. The van der Waals surface area contributed by atoms with Gasteiger partial charge < -0.3 is 14.2 Å². The highest BCUT2D eigenvalue weighted by atomic mass is 32.2. The van der Waals surface area contributed by atoms with Crippen LogP contribution in [0, 0.1) is 5.92 Å². The van der Waals surface area contributed by atoms with Gasteiger partial charge >= 0.3 is 0 Å². The fourth-order valence-electron chi connectivity index (χ4n) is 3.39. The summed E-state index contributed by atoms with van der Waals surface area (Å²) in [5.41, 5.74) is 0.868. The van der Waals surface area contributed by atoms with Gasteiger partial charge in [-0.1, -0.05) is 18.3 Å². The summed E-state index contributed by atoms with van der Waals surface area (Å²) in [5.74, 6) is -1.39. The second kappa shape index (κ2) is 9.30. The van der Waals surface area contributed by atoms with E-state index in [9.17, 15) is 18.0 Å². The van der Waals surface area contributed by atoms with Crippen molar-refractivity contribution < 1.29 is 22.7 Å². The predicted octanol–water partition coefficient (Wildman–Crippen LogP) is 1.74. The molecule has 0 N–H and O–H groups in total. The van der Waals surface area contributed by atoms with Crippen LogP contribution in [-0.4, -0.2) is 60.9 Å². The lowest BCUT2D eigenvalue weighted by Gasteiger charge is -2.30. The van der Waals surface area contributed by atoms with Crippen LogP contribution in [0.3, 0.4) is 0 Å². The topological polar surface area (TPSA) is 98.0 Å². The molecule has 10 heteroatoms. The largest absolute Gasteiger partial charge is 0.494 e. The lowest BCUT2D eigenvalue weighted by molar-refractivity contribution is -0.129. The molecule has 2 aromatic rings. The van der Waals surface area contributed by atoms with E-state index < -0.39 is 33.2 Å². The SMILES string of the molecule is CCOc1ccc2c(c1)sc(=NC(=O)CS(=O)(=O)CC(=O)N1CCC(C)CC1)n2C. The lowest BCUT2D eigenvalue weighted by Crippen LogP contribution is -2.41. The number of likely N-dealkylation sites (tertiary alicyclic amines) is 1. The third-order valence-electron chi connectivity index (χ3n) is 5.14. The molecule has 2 heterocycles. The summed E-state index contributed by atoms with van der Waals surface area (Å²) in [6, 6.07) is 5.57. The molecule has 1 aromatic heterocycles. The van der Waals surface area contributed by atoms with Crippen LogP contribution in [0.2, 0.25) is 0 Å². The summed E-state index contributed by atoms with van der Waals surface area (Å²) >= 11 is 1.28. The minimum atomic E-state index is -3.88. The van der Waals surface area contributed by atoms with E-state index in [2.05, 4.69) is 11.9 Å². The third kappa shape index (κ3) is 5.48. The van der Waals surface area contributed by atoms with Crippen molar-refractivity contribution in [2.24, 2.45) is 18.0 Å². The number of carbonyl (C=O) groups excluding carboxylic acids is 2. The monoisotopic (exact) mass is 453 g/mol. The first kappa shape index (κ1) is 22.5. The van der Waals surface area contributed by atoms with Crippen molar-refractivity contribution in [2.45, 2.75) is 26.7 Å². The number of amides is 2. The quantitative estimate of drug-likeness (QED) is 0.664. The van der Waals surface area contributed by atoms with Crippen molar-refractivity contribution >= 4 is 43.2 Å². The Bertz CT molecular complexity index is 1110. The molecule has 8 nitrogen and oxygen atoms in total. The molecule has 0 spiro atoms. The Hall–Kier alpha value is -2.20. The van der Waals surface area contributed by atoms with Crippen molar-refractivity contribution in [3.8, 4) is 5.75 Å². The van der Waals surface area contributed by atoms with Crippen LogP contribution >= 0.6 is 11.3 Å². The van der Waals surface area contributed by atoms with Crippen LogP contribution in [0.4, 0.5) is 0 Å². The third-order valence-corrected chi connectivity index (χ3v) is 7.60. The highest BCUT2D eigenvalue weighted by Crippen LogP contribution is 2.22. The molecule has 0 radical (unpaired) electrons. The number of aryl methyl sites for hydroxylation is 1. The van der Waals surface area contributed by atoms with E-state index in [1.807, 2.05) is 25.1 Å². The second-order valence-corrected chi connectivity index (χ2v) is 10.7. The Kier molecular flexibility index (Phi) is 6.97. The Labute approximate surface area is 180 Å². The number of benzene rings is 1. The number of rotatable bonds is 6. The first-order valence-corrected chi connectivity index (χ1v) is 12.6. The van der Waals surface area contributed by atoms with Gasteiger partial charge in [-0.15, -0.1) is 0 Å². The second-order valence-electron chi connectivity index (χ2n) is 7.61. The van der Waals surface area contributed by atoms with Crippen LogP contribution in [0.15, 0.2) is 23.2 Å². The molecule has 2 amide bonds. The minimum absolute atomic E-state index is 0.398. The Balaban J connectivity index is 1.71. The van der Waals surface area contributed by atoms with Gasteiger partial charge in [0.25, 0.3) is 5.91 Å². The van der Waals surface area contributed by atoms with Gasteiger partial charge in [-0.3, -0.25) is 9.59 Å². The van der Waals surface area contributed by atoms with Gasteiger partial charge in [-0.05, 0) is 43.9 Å². The van der Waals surface area contributed by atoms with Gasteiger partial charge in [0.05, 0.1) is 16.8 Å². The Morgan fingerprint density at radius 1 is 1.23 bits per heavy atom. The number of piperidine rings is 1. The Morgan fingerprint density at radius 3 is 2.60 bits per heavy atom. The molecule has 0 atom stereocenters. The number of carbonyl (C=O) groups is 2. The Morgan fingerprint density at radius 2 is 1.93 bits per heavy atom. The normalized spacial score (nSPS) is 16.2. The molecule has 1 fully saturated rings. The van der Waals surface area contributed by atoms with Crippen LogP contribution in [0.1, 0.15) is 26.7 Å². The van der Waals surface area contributed by atoms with Gasteiger partial charge in [0.2, 0.25) is 5.91 Å². The number of ether oxygens (including phenoxy) is 1. The van der Waals surface area contributed by atoms with Crippen LogP contribution < -0.4 is 9.54 Å². The maximum absolute atomic E-state index is 12.4. The molecule has 30 heavy (non-hydrogen) atoms. The predicted molar refractivity (Wildman–Crippen MR) is 116 cm³/mol. The van der Waals surface area contributed by atoms with Gasteiger partial charge in [-0.2, -0.15) is 4.99 Å². The summed E-state index contributed by atoms with van der Waals surface area (Å²) in [5, 5.41) is 0. The first-order chi connectivity index (χ1) is 14.2. The molecule has 0 saturated carbocycles. The number of thiazole rings is 1. The fourth-order valence-corrected chi connectivity index (χ4v) is 5.56. The number of hydrogen-bond acceptors (Lipinski definition) is 6. The molecule has 0 bridgehead atoms. The minimum Gasteiger partial charge on any atom is -0.494 e. The summed E-state index contributed by atoms with van der Waals surface area (Å²) in [4.78, 5) is 30.6. The van der Waals surface area contributed by atoms with Crippen LogP contribution in [-0.2, 0) is 26.5 Å². The molecule has 1 aliphatic rings. The standard InChI is InChI=1S/C20H27N3O5S2/c1-4-28-15-5-6-16-17(11-15)29-20(22(16)3)21-18(24)12-30(26,27)13-19(25)23-9-7-14(2)8-10-23/h5-6,11,14H,4,7-10,12-13H2,1-3H3. The van der Waals surface area contributed by atoms with E-state index in [1.54, 1.807) is 16.5 Å². The molecule has 3 rings (SSSR count). The smallest absolute Gasteiger partial charge is 0.263 e. The molecule has 164 valence electrons. The van der Waals surface area contributed by atoms with E-state index in [0.29, 0.717) is 30.4 Å². The van der Waals surface area contributed by atoms with Crippen LogP contribution in [0.25, 0.3) is 10.2 Å².